The molecule has 234 valence electrons. The Bertz CT molecular complexity index is 2480. The molecular weight excluding hydrogens is 603 g/mol. The average Bonchev–Trinajstić information content (AvgIpc) is 3.21. The molecule has 1 aromatic heterocycles. The molecule has 0 N–H and O–H groups in total. The van der Waals surface area contributed by atoms with Crippen molar-refractivity contribution in [1.29, 1.82) is 0 Å². The number of nitrogens with zero attached hydrogens (tertiary/aromatic N) is 1. The van der Waals surface area contributed by atoms with Crippen molar-refractivity contribution in [3.8, 4) is 67.0 Å². The fourth-order valence-electron chi connectivity index (χ4n) is 7.13. The van der Waals surface area contributed by atoms with Gasteiger partial charge in [-0.1, -0.05) is 176 Å². The average molecular weight is 636 g/mol. The molecule has 1 heterocycles. The second-order valence-electron chi connectivity index (χ2n) is 12.8. The molecule has 0 atom stereocenters. The summed E-state index contributed by atoms with van der Waals surface area (Å²) in [7, 11) is 0. The maximum Gasteiger partial charge on any atom is 0.0715 e. The molecule has 1 nitrogen and oxygen atoms in total. The van der Waals surface area contributed by atoms with E-state index in [4.69, 9.17) is 4.98 Å². The van der Waals surface area contributed by atoms with E-state index in [1.165, 1.54) is 54.9 Å². The van der Waals surface area contributed by atoms with Gasteiger partial charge >= 0.3 is 0 Å². The number of aromatic nitrogens is 1. The summed E-state index contributed by atoms with van der Waals surface area (Å²) in [6.07, 6.45) is 0. The summed E-state index contributed by atoms with van der Waals surface area (Å²) in [4.78, 5) is 5.36. The van der Waals surface area contributed by atoms with Crippen molar-refractivity contribution in [3.63, 3.8) is 0 Å². The van der Waals surface area contributed by atoms with E-state index in [9.17, 15) is 0 Å². The van der Waals surface area contributed by atoms with E-state index in [0.717, 1.165) is 33.6 Å². The Kier molecular flexibility index (Phi) is 7.57. The van der Waals surface area contributed by atoms with E-state index >= 15 is 0 Å². The molecule has 9 aromatic rings. The van der Waals surface area contributed by atoms with Gasteiger partial charge in [-0.2, -0.15) is 0 Å². The third-order valence-corrected chi connectivity index (χ3v) is 9.67. The SMILES string of the molecule is c1ccc(-c2ccc(-c3cc(-c4cccc(-c5cccc6ccccc56)c4)nc(-c4cccc(-c5cccc6ccccc56)c4)c3)cc2)cc1. The van der Waals surface area contributed by atoms with Crippen LogP contribution >= 0.6 is 0 Å². The Balaban J connectivity index is 1.19. The largest absolute Gasteiger partial charge is 0.248 e. The first-order valence-electron chi connectivity index (χ1n) is 17.1. The Morgan fingerprint density at radius 1 is 0.240 bits per heavy atom. The highest BCUT2D eigenvalue weighted by Crippen LogP contribution is 2.36. The molecule has 0 fully saturated rings. The lowest BCUT2D eigenvalue weighted by molar-refractivity contribution is 1.32. The van der Waals surface area contributed by atoms with Crippen LogP contribution in [0.2, 0.25) is 0 Å². The van der Waals surface area contributed by atoms with Gasteiger partial charge in [0.1, 0.15) is 0 Å². The molecule has 0 aliphatic heterocycles. The van der Waals surface area contributed by atoms with Crippen LogP contribution in [0.5, 0.6) is 0 Å². The van der Waals surface area contributed by atoms with Crippen LogP contribution in [0.25, 0.3) is 88.6 Å². The van der Waals surface area contributed by atoms with Gasteiger partial charge in [-0.05, 0) is 90.3 Å². The van der Waals surface area contributed by atoms with E-state index in [1.54, 1.807) is 0 Å². The van der Waals surface area contributed by atoms with Crippen LogP contribution in [0.1, 0.15) is 0 Å². The maximum absolute atomic E-state index is 5.36. The summed E-state index contributed by atoms with van der Waals surface area (Å²) >= 11 is 0. The van der Waals surface area contributed by atoms with Gasteiger partial charge in [0.05, 0.1) is 11.4 Å². The van der Waals surface area contributed by atoms with Crippen molar-refractivity contribution in [3.05, 3.63) is 200 Å². The molecule has 0 radical (unpaired) electrons. The Morgan fingerprint density at radius 2 is 0.620 bits per heavy atom. The zero-order chi connectivity index (χ0) is 33.3. The molecule has 0 bridgehead atoms. The van der Waals surface area contributed by atoms with Gasteiger partial charge in [-0.3, -0.25) is 0 Å². The van der Waals surface area contributed by atoms with Crippen LogP contribution in [-0.2, 0) is 0 Å². The zero-order valence-electron chi connectivity index (χ0n) is 27.5. The second kappa shape index (κ2) is 12.8. The van der Waals surface area contributed by atoms with Crippen molar-refractivity contribution in [2.45, 2.75) is 0 Å². The first-order chi connectivity index (χ1) is 24.8. The first kappa shape index (κ1) is 29.6. The molecule has 0 spiro atoms. The van der Waals surface area contributed by atoms with E-state index in [2.05, 4.69) is 200 Å². The Morgan fingerprint density at radius 3 is 1.16 bits per heavy atom. The van der Waals surface area contributed by atoms with Gasteiger partial charge in [0.15, 0.2) is 0 Å². The Labute approximate surface area is 292 Å². The highest BCUT2D eigenvalue weighted by Gasteiger charge is 2.13. The summed E-state index contributed by atoms with van der Waals surface area (Å²) in [5.74, 6) is 0. The molecule has 0 aliphatic carbocycles. The molecular formula is C49H33N. The standard InChI is InChI=1S/C49H33N/c1-2-12-34(13-3-1)35-26-28-36(29-27-35)43-32-48(41-20-8-18-39(30-41)46-24-10-16-37-14-4-6-22-44(37)46)50-49(33-43)42-21-9-19-40(31-42)47-25-11-17-38-15-5-7-23-45(38)47/h1-33H. The predicted molar refractivity (Wildman–Crippen MR) is 212 cm³/mol. The van der Waals surface area contributed by atoms with E-state index in [-0.39, 0.29) is 0 Å². The van der Waals surface area contributed by atoms with E-state index in [1.807, 2.05) is 0 Å². The van der Waals surface area contributed by atoms with Gasteiger partial charge < -0.3 is 0 Å². The Hall–Kier alpha value is -6.57. The minimum absolute atomic E-state index is 0.947. The van der Waals surface area contributed by atoms with Crippen molar-refractivity contribution < 1.29 is 0 Å². The molecule has 0 amide bonds. The highest BCUT2D eigenvalue weighted by atomic mass is 14.7. The normalized spacial score (nSPS) is 11.2. The van der Waals surface area contributed by atoms with Crippen LogP contribution in [0.3, 0.4) is 0 Å². The van der Waals surface area contributed by atoms with Crippen LogP contribution in [0.15, 0.2) is 200 Å². The summed E-state index contributed by atoms with van der Waals surface area (Å²) in [5.41, 5.74) is 13.6. The van der Waals surface area contributed by atoms with Crippen LogP contribution < -0.4 is 0 Å². The second-order valence-corrected chi connectivity index (χ2v) is 12.8. The number of fused-ring (bicyclic) bond motifs is 2. The first-order valence-corrected chi connectivity index (χ1v) is 17.1. The number of hydrogen-bond donors (Lipinski definition) is 0. The van der Waals surface area contributed by atoms with E-state index in [0.29, 0.717) is 0 Å². The summed E-state index contributed by atoms with van der Waals surface area (Å²) in [6, 6.07) is 71.8. The third kappa shape index (κ3) is 5.66. The van der Waals surface area contributed by atoms with Gasteiger partial charge in [0.2, 0.25) is 0 Å². The predicted octanol–water partition coefficient (Wildman–Crippen LogP) is 13.4. The topological polar surface area (TPSA) is 12.9 Å². The summed E-state index contributed by atoms with van der Waals surface area (Å²) in [5, 5.41) is 4.97. The van der Waals surface area contributed by atoms with Gasteiger partial charge in [0.25, 0.3) is 0 Å². The minimum Gasteiger partial charge on any atom is -0.248 e. The van der Waals surface area contributed by atoms with Gasteiger partial charge in [0, 0.05) is 11.1 Å². The van der Waals surface area contributed by atoms with Crippen molar-refractivity contribution >= 4 is 21.5 Å². The number of benzene rings is 8. The van der Waals surface area contributed by atoms with Gasteiger partial charge in [-0.15, -0.1) is 0 Å². The molecule has 0 unspecified atom stereocenters. The molecule has 0 saturated carbocycles. The quantitative estimate of drug-likeness (QED) is 0.177. The maximum atomic E-state index is 5.36. The lowest BCUT2D eigenvalue weighted by Crippen LogP contribution is -1.93. The fourth-order valence-corrected chi connectivity index (χ4v) is 7.13. The fraction of sp³-hybridized carbons (Fsp3) is 0. The molecule has 0 saturated heterocycles. The lowest BCUT2D eigenvalue weighted by atomic mass is 9.94. The number of rotatable bonds is 6. The summed E-state index contributed by atoms with van der Waals surface area (Å²) < 4.78 is 0. The molecule has 1 heteroatoms. The zero-order valence-corrected chi connectivity index (χ0v) is 27.5. The highest BCUT2D eigenvalue weighted by molar-refractivity contribution is 5.98. The monoisotopic (exact) mass is 635 g/mol. The van der Waals surface area contributed by atoms with Crippen LogP contribution in [0.4, 0.5) is 0 Å². The third-order valence-electron chi connectivity index (χ3n) is 9.67. The van der Waals surface area contributed by atoms with Crippen molar-refractivity contribution in [2.75, 3.05) is 0 Å². The molecule has 50 heavy (non-hydrogen) atoms. The smallest absolute Gasteiger partial charge is 0.0715 e. The summed E-state index contributed by atoms with van der Waals surface area (Å²) in [6.45, 7) is 0. The lowest BCUT2D eigenvalue weighted by Gasteiger charge is -2.14. The van der Waals surface area contributed by atoms with Crippen molar-refractivity contribution in [2.24, 2.45) is 0 Å². The minimum atomic E-state index is 0.947. The van der Waals surface area contributed by atoms with E-state index < -0.39 is 0 Å². The van der Waals surface area contributed by atoms with Gasteiger partial charge in [-0.25, -0.2) is 4.98 Å². The number of hydrogen-bond acceptors (Lipinski definition) is 1. The molecule has 9 rings (SSSR count). The molecule has 8 aromatic carbocycles. The van der Waals surface area contributed by atoms with Crippen LogP contribution in [0, 0.1) is 0 Å². The number of pyridine rings is 1. The van der Waals surface area contributed by atoms with Crippen molar-refractivity contribution in [1.82, 2.24) is 4.98 Å². The molecule has 0 aliphatic rings. The van der Waals surface area contributed by atoms with Crippen LogP contribution in [-0.4, -0.2) is 4.98 Å².